The predicted molar refractivity (Wildman–Crippen MR) is 48.0 cm³/mol. The smallest absolute Gasteiger partial charge is 0.177 e. The third-order valence-electron chi connectivity index (χ3n) is 1.29. The van der Waals surface area contributed by atoms with Gasteiger partial charge in [-0.15, -0.1) is 11.8 Å². The van der Waals surface area contributed by atoms with E-state index in [1.54, 1.807) is 6.07 Å². The summed E-state index contributed by atoms with van der Waals surface area (Å²) in [4.78, 5) is 4.67. The second-order valence-electron chi connectivity index (χ2n) is 2.26. The van der Waals surface area contributed by atoms with Gasteiger partial charge in [0.25, 0.3) is 0 Å². The molecule has 0 fully saturated rings. The zero-order chi connectivity index (χ0) is 9.19. The maximum atomic E-state index is 11.0. The minimum atomic E-state index is -3.13. The van der Waals surface area contributed by atoms with E-state index in [1.165, 1.54) is 18.0 Å². The van der Waals surface area contributed by atoms with Crippen molar-refractivity contribution in [3.05, 3.63) is 18.5 Å². The lowest BCUT2D eigenvalue weighted by molar-refractivity contribution is 0.601. The van der Waals surface area contributed by atoms with Crippen molar-refractivity contribution >= 4 is 21.6 Å². The Labute approximate surface area is 76.1 Å². The molecule has 0 saturated carbocycles. The Bertz CT molecular complexity index is 373. The van der Waals surface area contributed by atoms with Crippen LogP contribution in [0.1, 0.15) is 0 Å². The third kappa shape index (κ3) is 2.22. The summed E-state index contributed by atoms with van der Waals surface area (Å²) in [5, 5.41) is 0. The standard InChI is InChI=1S/C7H8NO2S2/c1-11-6-3-7(5-8-4-6)12(2,9)10/h3,5H,1-2H3. The highest BCUT2D eigenvalue weighted by Crippen LogP contribution is 2.16. The molecule has 0 bridgehead atoms. The second kappa shape index (κ2) is 3.45. The molecule has 5 heteroatoms. The molecule has 0 aromatic carbocycles. The van der Waals surface area contributed by atoms with Gasteiger partial charge in [-0.25, -0.2) is 8.42 Å². The van der Waals surface area contributed by atoms with Crippen LogP contribution in [0.3, 0.4) is 0 Å². The summed E-state index contributed by atoms with van der Waals surface area (Å²) >= 11 is 1.42. The average Bonchev–Trinajstić information content (AvgIpc) is 2.03. The van der Waals surface area contributed by atoms with Crippen LogP contribution in [0.25, 0.3) is 0 Å². The fraction of sp³-hybridized carbons (Fsp3) is 0.286. The van der Waals surface area contributed by atoms with Crippen LogP contribution in [-0.2, 0) is 9.84 Å². The number of sulfone groups is 1. The Morgan fingerprint density at radius 2 is 2.25 bits per heavy atom. The average molecular weight is 202 g/mol. The highest BCUT2D eigenvalue weighted by atomic mass is 32.2. The van der Waals surface area contributed by atoms with Gasteiger partial charge in [-0.1, -0.05) is 0 Å². The van der Waals surface area contributed by atoms with Crippen molar-refractivity contribution < 1.29 is 8.42 Å². The molecule has 0 atom stereocenters. The maximum absolute atomic E-state index is 11.0. The normalized spacial score (nSPS) is 11.5. The molecule has 12 heavy (non-hydrogen) atoms. The van der Waals surface area contributed by atoms with Crippen molar-refractivity contribution in [2.45, 2.75) is 9.79 Å². The van der Waals surface area contributed by atoms with E-state index in [0.29, 0.717) is 0 Å². The first-order chi connectivity index (χ1) is 5.54. The van der Waals surface area contributed by atoms with Gasteiger partial charge in [0.2, 0.25) is 0 Å². The van der Waals surface area contributed by atoms with Crippen molar-refractivity contribution in [3.8, 4) is 0 Å². The van der Waals surface area contributed by atoms with E-state index < -0.39 is 9.84 Å². The SMILES string of the molecule is CSc1[c]ncc(S(C)(=O)=O)c1. The summed E-state index contributed by atoms with van der Waals surface area (Å²) in [5.74, 6) is 0. The van der Waals surface area contributed by atoms with Gasteiger partial charge in [-0.05, 0) is 12.3 Å². The van der Waals surface area contributed by atoms with E-state index >= 15 is 0 Å². The Kier molecular flexibility index (Phi) is 2.74. The number of hydrogen-bond donors (Lipinski definition) is 0. The van der Waals surface area contributed by atoms with Gasteiger partial charge >= 0.3 is 0 Å². The summed E-state index contributed by atoms with van der Waals surface area (Å²) in [7, 11) is -3.13. The van der Waals surface area contributed by atoms with E-state index in [4.69, 9.17) is 0 Å². The Hall–Kier alpha value is -0.550. The monoisotopic (exact) mass is 202 g/mol. The molecule has 0 unspecified atom stereocenters. The zero-order valence-electron chi connectivity index (χ0n) is 6.73. The first-order valence-electron chi connectivity index (χ1n) is 3.16. The molecule has 0 saturated heterocycles. The van der Waals surface area contributed by atoms with Crippen LogP contribution >= 0.6 is 11.8 Å². The topological polar surface area (TPSA) is 47.0 Å². The maximum Gasteiger partial charge on any atom is 0.177 e. The molecule has 65 valence electrons. The van der Waals surface area contributed by atoms with Crippen LogP contribution in [-0.4, -0.2) is 25.9 Å². The molecule has 0 N–H and O–H groups in total. The van der Waals surface area contributed by atoms with Crippen molar-refractivity contribution in [2.24, 2.45) is 0 Å². The highest BCUT2D eigenvalue weighted by molar-refractivity contribution is 7.98. The van der Waals surface area contributed by atoms with Gasteiger partial charge in [0, 0.05) is 17.3 Å². The van der Waals surface area contributed by atoms with Gasteiger partial charge in [0.1, 0.15) is 6.20 Å². The molecule has 0 spiro atoms. The molecule has 0 aliphatic carbocycles. The number of pyridine rings is 1. The molecule has 1 heterocycles. The Morgan fingerprint density at radius 1 is 1.58 bits per heavy atom. The molecular weight excluding hydrogens is 194 g/mol. The van der Waals surface area contributed by atoms with Gasteiger partial charge in [-0.3, -0.25) is 4.98 Å². The quantitative estimate of drug-likeness (QED) is 0.671. The summed E-state index contributed by atoms with van der Waals surface area (Å²) in [6, 6.07) is 1.56. The number of rotatable bonds is 2. The van der Waals surface area contributed by atoms with Gasteiger partial charge in [-0.2, -0.15) is 0 Å². The summed E-state index contributed by atoms with van der Waals surface area (Å²) in [6.45, 7) is 0. The Morgan fingerprint density at radius 3 is 2.75 bits per heavy atom. The Balaban J connectivity index is 3.20. The molecule has 0 aliphatic rings. The van der Waals surface area contributed by atoms with Crippen LogP contribution in [0.4, 0.5) is 0 Å². The summed E-state index contributed by atoms with van der Waals surface area (Å²) in [5.41, 5.74) is 0. The molecular formula is C7H8NO2S2. The summed E-state index contributed by atoms with van der Waals surface area (Å²) < 4.78 is 22.1. The van der Waals surface area contributed by atoms with Gasteiger partial charge in [0.05, 0.1) is 4.90 Å². The lowest BCUT2D eigenvalue weighted by atomic mass is 10.5. The second-order valence-corrected chi connectivity index (χ2v) is 5.12. The lowest BCUT2D eigenvalue weighted by Gasteiger charge is -1.98. The predicted octanol–water partition coefficient (Wildman–Crippen LogP) is 1.01. The van der Waals surface area contributed by atoms with Crippen molar-refractivity contribution in [1.29, 1.82) is 0 Å². The minimum absolute atomic E-state index is 0.241. The van der Waals surface area contributed by atoms with Crippen LogP contribution in [0.2, 0.25) is 0 Å². The lowest BCUT2D eigenvalue weighted by Crippen LogP contribution is -1.97. The summed E-state index contributed by atoms with van der Waals surface area (Å²) in [6.07, 6.45) is 6.99. The van der Waals surface area contributed by atoms with Gasteiger partial charge < -0.3 is 0 Å². The van der Waals surface area contributed by atoms with E-state index in [-0.39, 0.29) is 4.90 Å². The largest absolute Gasteiger partial charge is 0.252 e. The van der Waals surface area contributed by atoms with E-state index in [2.05, 4.69) is 11.2 Å². The van der Waals surface area contributed by atoms with E-state index in [0.717, 1.165) is 11.2 Å². The molecule has 1 radical (unpaired) electrons. The van der Waals surface area contributed by atoms with E-state index in [9.17, 15) is 8.42 Å². The van der Waals surface area contributed by atoms with Gasteiger partial charge in [0.15, 0.2) is 9.84 Å². The molecule has 3 nitrogen and oxygen atoms in total. The highest BCUT2D eigenvalue weighted by Gasteiger charge is 2.07. The number of hydrogen-bond acceptors (Lipinski definition) is 4. The molecule has 1 aromatic heterocycles. The zero-order valence-corrected chi connectivity index (χ0v) is 8.37. The molecule has 1 aromatic rings. The minimum Gasteiger partial charge on any atom is -0.252 e. The first kappa shape index (κ1) is 9.54. The van der Waals surface area contributed by atoms with Crippen LogP contribution in [0.5, 0.6) is 0 Å². The van der Waals surface area contributed by atoms with Crippen molar-refractivity contribution in [1.82, 2.24) is 4.98 Å². The number of thioether (sulfide) groups is 1. The van der Waals surface area contributed by atoms with Crippen LogP contribution in [0, 0.1) is 6.20 Å². The third-order valence-corrected chi connectivity index (χ3v) is 3.02. The molecule has 0 aliphatic heterocycles. The fourth-order valence-corrected chi connectivity index (χ4v) is 1.71. The first-order valence-corrected chi connectivity index (χ1v) is 6.27. The van der Waals surface area contributed by atoms with E-state index in [1.807, 2.05) is 6.26 Å². The molecule has 0 amide bonds. The number of aromatic nitrogens is 1. The fourth-order valence-electron chi connectivity index (χ4n) is 0.666. The molecule has 1 rings (SSSR count). The van der Waals surface area contributed by atoms with Crippen LogP contribution in [0.15, 0.2) is 22.1 Å². The number of nitrogens with zero attached hydrogens (tertiary/aromatic N) is 1. The van der Waals surface area contributed by atoms with Crippen molar-refractivity contribution in [2.75, 3.05) is 12.5 Å². The van der Waals surface area contributed by atoms with Crippen molar-refractivity contribution in [3.63, 3.8) is 0 Å². The van der Waals surface area contributed by atoms with Crippen LogP contribution < -0.4 is 0 Å².